The molecule has 0 bridgehead atoms. The highest BCUT2D eigenvalue weighted by Crippen LogP contribution is 2.15. The number of rotatable bonds is 4. The van der Waals surface area contributed by atoms with E-state index in [2.05, 4.69) is 10.6 Å². The maximum Gasteiger partial charge on any atom is 0.128 e. The molecular weight excluding hydrogens is 167 g/mol. The lowest BCUT2D eigenvalue weighted by Crippen LogP contribution is -2.27. The van der Waals surface area contributed by atoms with Gasteiger partial charge in [-0.1, -0.05) is 18.2 Å². The molecule has 1 atom stereocenters. The molecule has 0 fully saturated rings. The molecule has 0 radical (unpaired) electrons. The molecule has 0 aliphatic carbocycles. The minimum atomic E-state index is -0.155. The maximum atomic E-state index is 13.3. The second kappa shape index (κ2) is 4.94. The fourth-order valence-electron chi connectivity index (χ4n) is 1.33. The third-order valence-electron chi connectivity index (χ3n) is 2.04. The molecule has 0 heterocycles. The van der Waals surface area contributed by atoms with Crippen LogP contribution in [-0.4, -0.2) is 20.6 Å². The largest absolute Gasteiger partial charge is 0.318 e. The predicted octanol–water partition coefficient (Wildman–Crippen LogP) is 1.31. The fraction of sp³-hybridized carbons (Fsp3) is 0.400. The number of hydrogen-bond acceptors (Lipinski definition) is 2. The summed E-state index contributed by atoms with van der Waals surface area (Å²) in [6.45, 7) is 0.720. The molecule has 13 heavy (non-hydrogen) atoms. The summed E-state index contributed by atoms with van der Waals surface area (Å²) in [6, 6.07) is 6.86. The van der Waals surface area contributed by atoms with Crippen LogP contribution in [0.15, 0.2) is 24.3 Å². The second-order valence-electron chi connectivity index (χ2n) is 2.92. The van der Waals surface area contributed by atoms with Crippen LogP contribution in [0.3, 0.4) is 0 Å². The monoisotopic (exact) mass is 182 g/mol. The number of halogens is 1. The first kappa shape index (κ1) is 10.2. The molecule has 0 aromatic heterocycles. The van der Waals surface area contributed by atoms with E-state index in [-0.39, 0.29) is 11.9 Å². The molecule has 1 unspecified atom stereocenters. The predicted molar refractivity (Wildman–Crippen MR) is 52.1 cm³/mol. The van der Waals surface area contributed by atoms with E-state index in [0.29, 0.717) is 5.56 Å². The summed E-state index contributed by atoms with van der Waals surface area (Å²) in [5, 5.41) is 6.07. The van der Waals surface area contributed by atoms with Gasteiger partial charge < -0.3 is 10.6 Å². The van der Waals surface area contributed by atoms with Crippen molar-refractivity contribution >= 4 is 0 Å². The van der Waals surface area contributed by atoms with Gasteiger partial charge in [0.2, 0.25) is 0 Å². The smallest absolute Gasteiger partial charge is 0.128 e. The van der Waals surface area contributed by atoms with Gasteiger partial charge in [0.05, 0.1) is 0 Å². The molecule has 2 nitrogen and oxygen atoms in total. The van der Waals surface area contributed by atoms with Crippen LogP contribution in [0, 0.1) is 5.82 Å². The molecule has 1 aromatic rings. The summed E-state index contributed by atoms with van der Waals surface area (Å²) in [5.41, 5.74) is 0.708. The van der Waals surface area contributed by atoms with Crippen molar-refractivity contribution in [1.29, 1.82) is 0 Å². The zero-order chi connectivity index (χ0) is 9.68. The molecule has 0 spiro atoms. The van der Waals surface area contributed by atoms with E-state index in [1.807, 2.05) is 20.2 Å². The molecule has 72 valence electrons. The summed E-state index contributed by atoms with van der Waals surface area (Å²) in [6.07, 6.45) is 0. The quantitative estimate of drug-likeness (QED) is 0.733. The summed E-state index contributed by atoms with van der Waals surface area (Å²) in [5.74, 6) is -0.155. The minimum absolute atomic E-state index is 0.0335. The average Bonchev–Trinajstić information content (AvgIpc) is 2.16. The summed E-state index contributed by atoms with van der Waals surface area (Å²) < 4.78 is 13.3. The first-order chi connectivity index (χ1) is 6.29. The molecule has 0 amide bonds. The van der Waals surface area contributed by atoms with E-state index in [1.54, 1.807) is 12.1 Å². The van der Waals surface area contributed by atoms with Crippen LogP contribution in [0.5, 0.6) is 0 Å². The zero-order valence-corrected chi connectivity index (χ0v) is 7.97. The van der Waals surface area contributed by atoms with Crippen LogP contribution < -0.4 is 10.6 Å². The van der Waals surface area contributed by atoms with Gasteiger partial charge in [-0.3, -0.25) is 0 Å². The van der Waals surface area contributed by atoms with E-state index >= 15 is 0 Å². The van der Waals surface area contributed by atoms with Crippen molar-refractivity contribution in [2.24, 2.45) is 0 Å². The molecule has 1 aromatic carbocycles. The van der Waals surface area contributed by atoms with Gasteiger partial charge in [0.25, 0.3) is 0 Å². The number of hydrogen-bond donors (Lipinski definition) is 2. The standard InChI is InChI=1S/C10H15FN2/c1-12-7-10(13-2)8-5-3-4-6-9(8)11/h3-6,10,12-13H,7H2,1-2H3. The number of likely N-dealkylation sites (N-methyl/N-ethyl adjacent to an activating group) is 2. The first-order valence-electron chi connectivity index (χ1n) is 4.36. The first-order valence-corrected chi connectivity index (χ1v) is 4.36. The van der Waals surface area contributed by atoms with Crippen LogP contribution in [0.4, 0.5) is 4.39 Å². The highest BCUT2D eigenvalue weighted by atomic mass is 19.1. The van der Waals surface area contributed by atoms with E-state index in [1.165, 1.54) is 6.07 Å². The molecular formula is C10H15FN2. The number of benzene rings is 1. The van der Waals surface area contributed by atoms with Gasteiger partial charge in [0.1, 0.15) is 5.82 Å². The van der Waals surface area contributed by atoms with Gasteiger partial charge in [-0.2, -0.15) is 0 Å². The van der Waals surface area contributed by atoms with Gasteiger partial charge in [-0.25, -0.2) is 4.39 Å². The fourth-order valence-corrected chi connectivity index (χ4v) is 1.33. The zero-order valence-electron chi connectivity index (χ0n) is 7.97. The van der Waals surface area contributed by atoms with Crippen LogP contribution in [-0.2, 0) is 0 Å². The van der Waals surface area contributed by atoms with Gasteiger partial charge in [-0.05, 0) is 20.2 Å². The lowest BCUT2D eigenvalue weighted by atomic mass is 10.1. The van der Waals surface area contributed by atoms with Gasteiger partial charge in [0, 0.05) is 18.2 Å². The number of nitrogens with one attached hydrogen (secondary N) is 2. The van der Waals surface area contributed by atoms with Crippen molar-refractivity contribution in [2.75, 3.05) is 20.6 Å². The normalized spacial score (nSPS) is 12.8. The van der Waals surface area contributed by atoms with Crippen molar-refractivity contribution in [1.82, 2.24) is 10.6 Å². The second-order valence-corrected chi connectivity index (χ2v) is 2.92. The van der Waals surface area contributed by atoms with Gasteiger partial charge in [0.15, 0.2) is 0 Å². The maximum absolute atomic E-state index is 13.3. The Bertz CT molecular complexity index is 263. The Morgan fingerprint density at radius 2 is 2.00 bits per heavy atom. The molecule has 2 N–H and O–H groups in total. The summed E-state index contributed by atoms with van der Waals surface area (Å²) in [4.78, 5) is 0. The van der Waals surface area contributed by atoms with Crippen molar-refractivity contribution in [3.05, 3.63) is 35.6 Å². The van der Waals surface area contributed by atoms with Gasteiger partial charge >= 0.3 is 0 Å². The van der Waals surface area contributed by atoms with Crippen molar-refractivity contribution in [2.45, 2.75) is 6.04 Å². The van der Waals surface area contributed by atoms with E-state index < -0.39 is 0 Å². The van der Waals surface area contributed by atoms with Crippen molar-refractivity contribution in [3.63, 3.8) is 0 Å². The summed E-state index contributed by atoms with van der Waals surface area (Å²) in [7, 11) is 3.68. The Morgan fingerprint density at radius 1 is 1.31 bits per heavy atom. The molecule has 3 heteroatoms. The van der Waals surface area contributed by atoms with E-state index in [0.717, 1.165) is 6.54 Å². The van der Waals surface area contributed by atoms with Crippen LogP contribution in [0.25, 0.3) is 0 Å². The molecule has 0 aliphatic heterocycles. The highest BCUT2D eigenvalue weighted by molar-refractivity contribution is 5.21. The summed E-state index contributed by atoms with van der Waals surface area (Å²) >= 11 is 0. The lowest BCUT2D eigenvalue weighted by molar-refractivity contribution is 0.517. The topological polar surface area (TPSA) is 24.1 Å². The minimum Gasteiger partial charge on any atom is -0.318 e. The Balaban J connectivity index is 2.84. The van der Waals surface area contributed by atoms with Crippen LogP contribution in [0.2, 0.25) is 0 Å². The Labute approximate surface area is 78.2 Å². The Kier molecular flexibility index (Phi) is 3.86. The molecule has 0 aliphatic rings. The van der Waals surface area contributed by atoms with Crippen molar-refractivity contribution in [3.8, 4) is 0 Å². The molecule has 0 saturated heterocycles. The van der Waals surface area contributed by atoms with E-state index in [4.69, 9.17) is 0 Å². The van der Waals surface area contributed by atoms with E-state index in [9.17, 15) is 4.39 Å². The third-order valence-corrected chi connectivity index (χ3v) is 2.04. The van der Waals surface area contributed by atoms with Crippen molar-refractivity contribution < 1.29 is 4.39 Å². The average molecular weight is 182 g/mol. The Morgan fingerprint density at radius 3 is 2.54 bits per heavy atom. The lowest BCUT2D eigenvalue weighted by Gasteiger charge is -2.16. The molecule has 1 rings (SSSR count). The third kappa shape index (κ3) is 2.50. The highest BCUT2D eigenvalue weighted by Gasteiger charge is 2.11. The SMILES string of the molecule is CNCC(NC)c1ccccc1F. The molecule has 0 saturated carbocycles. The van der Waals surface area contributed by atoms with Crippen LogP contribution >= 0.6 is 0 Å². The van der Waals surface area contributed by atoms with Gasteiger partial charge in [-0.15, -0.1) is 0 Å². The Hall–Kier alpha value is -0.930. The van der Waals surface area contributed by atoms with Crippen LogP contribution in [0.1, 0.15) is 11.6 Å².